The smallest absolute Gasteiger partial charge is 0.274 e. The van der Waals surface area contributed by atoms with E-state index in [-0.39, 0.29) is 23.9 Å². The van der Waals surface area contributed by atoms with E-state index in [1.807, 2.05) is 4.68 Å². The van der Waals surface area contributed by atoms with Gasteiger partial charge in [0.1, 0.15) is 12.4 Å². The zero-order chi connectivity index (χ0) is 23.3. The first kappa shape index (κ1) is 21.5. The summed E-state index contributed by atoms with van der Waals surface area (Å²) in [5.41, 5.74) is 4.50. The van der Waals surface area contributed by atoms with Crippen molar-refractivity contribution in [3.8, 4) is 0 Å². The number of rotatable bonds is 3. The van der Waals surface area contributed by atoms with E-state index >= 15 is 0 Å². The molecule has 0 unspecified atom stereocenters. The van der Waals surface area contributed by atoms with Gasteiger partial charge in [0.05, 0.1) is 18.2 Å². The number of fused-ring (bicyclic) bond motifs is 3. The fraction of sp³-hybridized carbons (Fsp3) is 0.333. The van der Waals surface area contributed by atoms with Crippen LogP contribution in [0, 0.1) is 6.92 Å². The molecule has 1 aliphatic heterocycles. The maximum atomic E-state index is 13.5. The first-order valence-corrected chi connectivity index (χ1v) is 11.4. The van der Waals surface area contributed by atoms with Gasteiger partial charge in [-0.3, -0.25) is 19.3 Å². The number of aryl methyl sites for hydroxylation is 2. The van der Waals surface area contributed by atoms with Crippen LogP contribution in [0.1, 0.15) is 58.2 Å². The molecule has 6 heteroatoms. The summed E-state index contributed by atoms with van der Waals surface area (Å²) in [6.07, 6.45) is 3.60. The van der Waals surface area contributed by atoms with Gasteiger partial charge in [0.25, 0.3) is 5.91 Å². The van der Waals surface area contributed by atoms with E-state index in [0.717, 1.165) is 12.8 Å². The van der Waals surface area contributed by atoms with Gasteiger partial charge in [-0.2, -0.15) is 0 Å². The quantitative estimate of drug-likeness (QED) is 0.675. The summed E-state index contributed by atoms with van der Waals surface area (Å²) in [6.45, 7) is 5.56. The molecule has 1 N–H and O–H groups in total. The van der Waals surface area contributed by atoms with Crippen molar-refractivity contribution in [3.63, 3.8) is 0 Å². The minimum Gasteiger partial charge on any atom is -0.389 e. The topological polar surface area (TPSA) is 65.8 Å². The maximum absolute atomic E-state index is 13.5. The Hall–Kier alpha value is -3.38. The van der Waals surface area contributed by atoms with Crippen molar-refractivity contribution in [1.29, 1.82) is 0 Å². The average Bonchev–Trinajstić information content (AvgIpc) is 2.94. The predicted octanol–water partition coefficient (Wildman–Crippen LogP) is 3.17. The van der Waals surface area contributed by atoms with Crippen molar-refractivity contribution in [2.24, 2.45) is 0 Å². The molecule has 0 saturated heterocycles. The number of aromatic nitrogens is 1. The molecule has 33 heavy (non-hydrogen) atoms. The van der Waals surface area contributed by atoms with Crippen molar-refractivity contribution >= 4 is 5.91 Å². The lowest BCUT2D eigenvalue weighted by Gasteiger charge is -2.45. The molecule has 6 nitrogen and oxygen atoms in total. The monoisotopic (exact) mass is 443 g/mol. The summed E-state index contributed by atoms with van der Waals surface area (Å²) in [5, 5.41) is 12.7. The molecule has 0 spiro atoms. The van der Waals surface area contributed by atoms with Crippen LogP contribution in [0.15, 0.2) is 65.6 Å². The lowest BCUT2D eigenvalue weighted by molar-refractivity contribution is 0.0236. The van der Waals surface area contributed by atoms with Crippen LogP contribution in [0.2, 0.25) is 0 Å². The van der Waals surface area contributed by atoms with Gasteiger partial charge in [0, 0.05) is 17.8 Å². The molecule has 1 amide bonds. The Balaban J connectivity index is 1.75. The first-order chi connectivity index (χ1) is 15.7. The number of β-amino-alcohol motifs (C(OH)–C–C–N with tert-alkyl or cyclic N) is 1. The molecule has 0 fully saturated rings. The van der Waals surface area contributed by atoms with Crippen LogP contribution >= 0.6 is 0 Å². The number of pyridine rings is 1. The third-order valence-corrected chi connectivity index (χ3v) is 6.64. The Morgan fingerprint density at radius 2 is 1.52 bits per heavy atom. The molecule has 1 aromatic heterocycles. The van der Waals surface area contributed by atoms with E-state index in [2.05, 4.69) is 53.5 Å². The highest BCUT2D eigenvalue weighted by Crippen LogP contribution is 2.37. The predicted molar refractivity (Wildman–Crippen MR) is 128 cm³/mol. The summed E-state index contributed by atoms with van der Waals surface area (Å²) >= 11 is 0. The fourth-order valence-electron chi connectivity index (χ4n) is 5.17. The Bertz CT molecular complexity index is 1240. The maximum Gasteiger partial charge on any atom is 0.274 e. The summed E-state index contributed by atoms with van der Waals surface area (Å²) < 4.78 is 1.85. The average molecular weight is 444 g/mol. The molecule has 2 aliphatic rings. The standard InChI is InChI=1S/C27H29N3O3/c1-18-23(31)14-15-29-24(18)26(32)28(16-27(2,3)33)17-30(29)25-21-10-6-4-8-19(21)12-13-20-9-5-7-11-22(20)25/h4-11,14-15,25,33H,12-13,16-17H2,1-3H3. The summed E-state index contributed by atoms with van der Waals surface area (Å²) in [5.74, 6) is -0.237. The van der Waals surface area contributed by atoms with Crippen molar-refractivity contribution in [2.75, 3.05) is 18.2 Å². The highest BCUT2D eigenvalue weighted by atomic mass is 16.3. The molecule has 1 aliphatic carbocycles. The number of amides is 1. The number of hydrogen-bond acceptors (Lipinski definition) is 4. The number of carbonyl (C=O) groups excluding carboxylic acids is 1. The number of carbonyl (C=O) groups is 1. The molecule has 2 heterocycles. The van der Waals surface area contributed by atoms with Crippen LogP contribution in [-0.2, 0) is 12.8 Å². The minimum atomic E-state index is -1.06. The zero-order valence-electron chi connectivity index (χ0n) is 19.3. The Morgan fingerprint density at radius 1 is 0.939 bits per heavy atom. The third-order valence-electron chi connectivity index (χ3n) is 6.64. The number of hydrogen-bond donors (Lipinski definition) is 1. The van der Waals surface area contributed by atoms with Crippen molar-refractivity contribution in [3.05, 3.63) is 105 Å². The summed E-state index contributed by atoms with van der Waals surface area (Å²) in [7, 11) is 0. The largest absolute Gasteiger partial charge is 0.389 e. The van der Waals surface area contributed by atoms with Crippen LogP contribution in [0.5, 0.6) is 0 Å². The van der Waals surface area contributed by atoms with E-state index in [0.29, 0.717) is 17.9 Å². The van der Waals surface area contributed by atoms with E-state index in [1.165, 1.54) is 28.3 Å². The summed E-state index contributed by atoms with van der Waals surface area (Å²) in [4.78, 5) is 27.6. The van der Waals surface area contributed by atoms with Gasteiger partial charge in [0.2, 0.25) is 0 Å². The molecule has 0 atom stereocenters. The second-order valence-electron chi connectivity index (χ2n) is 9.69. The van der Waals surface area contributed by atoms with Crippen LogP contribution in [0.4, 0.5) is 0 Å². The fourth-order valence-corrected chi connectivity index (χ4v) is 5.17. The van der Waals surface area contributed by atoms with E-state index in [9.17, 15) is 14.7 Å². The van der Waals surface area contributed by atoms with Crippen LogP contribution < -0.4 is 10.4 Å². The van der Waals surface area contributed by atoms with Gasteiger partial charge >= 0.3 is 0 Å². The minimum absolute atomic E-state index is 0.141. The van der Waals surface area contributed by atoms with Gasteiger partial charge in [-0.05, 0) is 55.9 Å². The van der Waals surface area contributed by atoms with Crippen molar-refractivity contribution in [2.45, 2.75) is 45.3 Å². The van der Waals surface area contributed by atoms with Gasteiger partial charge in [0.15, 0.2) is 5.43 Å². The van der Waals surface area contributed by atoms with Gasteiger partial charge < -0.3 is 10.0 Å². The van der Waals surface area contributed by atoms with Crippen LogP contribution in [0.25, 0.3) is 0 Å². The molecule has 3 aromatic rings. The van der Waals surface area contributed by atoms with E-state index in [4.69, 9.17) is 0 Å². The van der Waals surface area contributed by atoms with Crippen molar-refractivity contribution in [1.82, 2.24) is 9.58 Å². The third kappa shape index (κ3) is 3.74. The van der Waals surface area contributed by atoms with Gasteiger partial charge in [-0.1, -0.05) is 48.5 Å². The molecule has 0 bridgehead atoms. The molecule has 170 valence electrons. The van der Waals surface area contributed by atoms with Gasteiger partial charge in [-0.25, -0.2) is 0 Å². The molecule has 0 radical (unpaired) electrons. The van der Waals surface area contributed by atoms with Gasteiger partial charge in [-0.15, -0.1) is 0 Å². The van der Waals surface area contributed by atoms with Crippen LogP contribution in [0.3, 0.4) is 0 Å². The van der Waals surface area contributed by atoms with E-state index in [1.54, 1.807) is 31.9 Å². The highest BCUT2D eigenvalue weighted by molar-refractivity contribution is 5.95. The highest BCUT2D eigenvalue weighted by Gasteiger charge is 2.38. The molecule has 5 rings (SSSR count). The number of aliphatic hydroxyl groups is 1. The summed E-state index contributed by atoms with van der Waals surface area (Å²) in [6, 6.07) is 18.3. The number of nitrogens with zero attached hydrogens (tertiary/aromatic N) is 3. The van der Waals surface area contributed by atoms with E-state index < -0.39 is 5.60 Å². The lowest BCUT2D eigenvalue weighted by Crippen LogP contribution is -2.58. The molecular weight excluding hydrogens is 414 g/mol. The normalized spacial score (nSPS) is 16.2. The number of benzene rings is 2. The second-order valence-corrected chi connectivity index (χ2v) is 9.69. The Kier molecular flexibility index (Phi) is 5.13. The second kappa shape index (κ2) is 7.89. The lowest BCUT2D eigenvalue weighted by atomic mass is 9.94. The zero-order valence-corrected chi connectivity index (χ0v) is 19.3. The van der Waals surface area contributed by atoms with Crippen LogP contribution in [-0.4, -0.2) is 39.4 Å². The molecular formula is C27H29N3O3. The van der Waals surface area contributed by atoms with Crippen molar-refractivity contribution < 1.29 is 9.90 Å². The first-order valence-electron chi connectivity index (χ1n) is 11.4. The molecule has 2 aromatic carbocycles. The SMILES string of the molecule is Cc1c2n(ccc1=O)N(C1c3ccccc3CCc3ccccc31)CN(CC(C)(C)O)C2=O. The molecule has 0 saturated carbocycles. The Morgan fingerprint density at radius 3 is 2.09 bits per heavy atom. The Labute approximate surface area is 193 Å².